The lowest BCUT2D eigenvalue weighted by molar-refractivity contribution is 0.445. The van der Waals surface area contributed by atoms with Crippen LogP contribution >= 0.6 is 0 Å². The number of hydrogen-bond acceptors (Lipinski definition) is 3. The highest BCUT2D eigenvalue weighted by molar-refractivity contribution is 5.12. The van der Waals surface area contributed by atoms with Crippen LogP contribution in [0.5, 0.6) is 0 Å². The molecule has 0 spiro atoms. The molecule has 0 saturated heterocycles. The van der Waals surface area contributed by atoms with E-state index in [2.05, 4.69) is 9.97 Å². The maximum atomic E-state index is 6.18. The SMILES string of the molecule is NC1(c2cnccn2)CCCC1. The van der Waals surface area contributed by atoms with Crippen LogP contribution in [0.15, 0.2) is 18.6 Å². The first-order valence-corrected chi connectivity index (χ1v) is 4.37. The molecule has 2 N–H and O–H groups in total. The summed E-state index contributed by atoms with van der Waals surface area (Å²) >= 11 is 0. The quantitative estimate of drug-likeness (QED) is 0.677. The Morgan fingerprint density at radius 3 is 2.58 bits per heavy atom. The van der Waals surface area contributed by atoms with Crippen molar-refractivity contribution in [2.24, 2.45) is 5.73 Å². The molecule has 1 fully saturated rings. The van der Waals surface area contributed by atoms with Crippen molar-refractivity contribution in [3.63, 3.8) is 0 Å². The lowest BCUT2D eigenvalue weighted by Crippen LogP contribution is -2.34. The summed E-state index contributed by atoms with van der Waals surface area (Å²) < 4.78 is 0. The van der Waals surface area contributed by atoms with Crippen LogP contribution in [0, 0.1) is 0 Å². The first-order valence-electron chi connectivity index (χ1n) is 4.37. The van der Waals surface area contributed by atoms with Crippen LogP contribution < -0.4 is 5.73 Å². The second-order valence-corrected chi connectivity index (χ2v) is 3.45. The Balaban J connectivity index is 2.29. The Morgan fingerprint density at radius 2 is 2.00 bits per heavy atom. The van der Waals surface area contributed by atoms with Crippen molar-refractivity contribution in [1.82, 2.24) is 9.97 Å². The van der Waals surface area contributed by atoms with Crippen molar-refractivity contribution in [3.8, 4) is 0 Å². The third kappa shape index (κ3) is 1.20. The minimum atomic E-state index is -0.186. The van der Waals surface area contributed by atoms with Gasteiger partial charge in [0.15, 0.2) is 0 Å². The van der Waals surface area contributed by atoms with Gasteiger partial charge in [-0.2, -0.15) is 0 Å². The molecule has 0 radical (unpaired) electrons. The normalized spacial score (nSPS) is 21.1. The molecule has 1 aliphatic carbocycles. The summed E-state index contributed by atoms with van der Waals surface area (Å²) in [6.07, 6.45) is 9.70. The van der Waals surface area contributed by atoms with Gasteiger partial charge in [0.1, 0.15) is 0 Å². The van der Waals surface area contributed by atoms with Gasteiger partial charge in [0.25, 0.3) is 0 Å². The molecule has 2 rings (SSSR count). The number of nitrogens with two attached hydrogens (primary N) is 1. The first kappa shape index (κ1) is 7.68. The zero-order valence-electron chi connectivity index (χ0n) is 7.03. The summed E-state index contributed by atoms with van der Waals surface area (Å²) in [5.74, 6) is 0. The van der Waals surface area contributed by atoms with E-state index in [1.54, 1.807) is 18.6 Å². The molecule has 3 nitrogen and oxygen atoms in total. The van der Waals surface area contributed by atoms with Crippen LogP contribution in [0.2, 0.25) is 0 Å². The smallest absolute Gasteiger partial charge is 0.0785 e. The Kier molecular flexibility index (Phi) is 1.81. The van der Waals surface area contributed by atoms with Crippen molar-refractivity contribution in [1.29, 1.82) is 0 Å². The number of aromatic nitrogens is 2. The predicted octanol–water partition coefficient (Wildman–Crippen LogP) is 1.20. The molecule has 1 heterocycles. The topological polar surface area (TPSA) is 51.8 Å². The molecule has 1 aromatic heterocycles. The molecule has 1 aliphatic rings. The van der Waals surface area contributed by atoms with Gasteiger partial charge in [-0.15, -0.1) is 0 Å². The molecule has 1 saturated carbocycles. The number of nitrogens with zero attached hydrogens (tertiary/aromatic N) is 2. The van der Waals surface area contributed by atoms with E-state index in [1.807, 2.05) is 0 Å². The summed E-state index contributed by atoms with van der Waals surface area (Å²) in [5.41, 5.74) is 6.94. The van der Waals surface area contributed by atoms with Gasteiger partial charge in [-0.1, -0.05) is 12.8 Å². The van der Waals surface area contributed by atoms with E-state index >= 15 is 0 Å². The van der Waals surface area contributed by atoms with Gasteiger partial charge in [0, 0.05) is 12.4 Å². The van der Waals surface area contributed by atoms with E-state index in [4.69, 9.17) is 5.73 Å². The summed E-state index contributed by atoms with van der Waals surface area (Å²) in [7, 11) is 0. The zero-order valence-corrected chi connectivity index (χ0v) is 7.03. The van der Waals surface area contributed by atoms with Crippen molar-refractivity contribution in [3.05, 3.63) is 24.3 Å². The molecular weight excluding hydrogens is 150 g/mol. The average Bonchev–Trinajstić information content (AvgIpc) is 2.55. The monoisotopic (exact) mass is 163 g/mol. The van der Waals surface area contributed by atoms with Crippen molar-refractivity contribution in [2.75, 3.05) is 0 Å². The summed E-state index contributed by atoms with van der Waals surface area (Å²) in [6, 6.07) is 0. The van der Waals surface area contributed by atoms with Gasteiger partial charge in [0.05, 0.1) is 17.4 Å². The van der Waals surface area contributed by atoms with Crippen LogP contribution in [-0.4, -0.2) is 9.97 Å². The van der Waals surface area contributed by atoms with E-state index in [0.717, 1.165) is 18.5 Å². The minimum absolute atomic E-state index is 0.186. The van der Waals surface area contributed by atoms with Gasteiger partial charge in [0.2, 0.25) is 0 Å². The third-order valence-electron chi connectivity index (χ3n) is 2.57. The highest BCUT2D eigenvalue weighted by atomic mass is 14.9. The fourth-order valence-corrected chi connectivity index (χ4v) is 1.82. The third-order valence-corrected chi connectivity index (χ3v) is 2.57. The molecule has 3 heteroatoms. The maximum absolute atomic E-state index is 6.18. The predicted molar refractivity (Wildman–Crippen MR) is 46.4 cm³/mol. The molecule has 0 amide bonds. The first-order chi connectivity index (χ1) is 5.81. The summed E-state index contributed by atoms with van der Waals surface area (Å²) in [5, 5.41) is 0. The van der Waals surface area contributed by atoms with Gasteiger partial charge in [-0.05, 0) is 12.8 Å². The van der Waals surface area contributed by atoms with E-state index in [0.29, 0.717) is 0 Å². The fraction of sp³-hybridized carbons (Fsp3) is 0.556. The van der Waals surface area contributed by atoms with Crippen LogP contribution in [0.3, 0.4) is 0 Å². The zero-order chi connectivity index (χ0) is 8.44. The standard InChI is InChI=1S/C9H13N3/c10-9(3-1-2-4-9)8-7-11-5-6-12-8/h5-7H,1-4,10H2. The lowest BCUT2D eigenvalue weighted by Gasteiger charge is -2.21. The Morgan fingerprint density at radius 1 is 1.25 bits per heavy atom. The fourth-order valence-electron chi connectivity index (χ4n) is 1.82. The van der Waals surface area contributed by atoms with Crippen LogP contribution in [-0.2, 0) is 5.54 Å². The van der Waals surface area contributed by atoms with Crippen LogP contribution in [0.4, 0.5) is 0 Å². The molecule has 0 unspecified atom stereocenters. The number of rotatable bonds is 1. The van der Waals surface area contributed by atoms with Gasteiger partial charge >= 0.3 is 0 Å². The highest BCUT2D eigenvalue weighted by Crippen LogP contribution is 2.34. The number of hydrogen-bond donors (Lipinski definition) is 1. The van der Waals surface area contributed by atoms with Gasteiger partial charge in [-0.3, -0.25) is 9.97 Å². The molecule has 64 valence electrons. The molecule has 0 aromatic carbocycles. The second kappa shape index (κ2) is 2.83. The highest BCUT2D eigenvalue weighted by Gasteiger charge is 2.32. The second-order valence-electron chi connectivity index (χ2n) is 3.45. The largest absolute Gasteiger partial charge is 0.320 e. The molecule has 0 atom stereocenters. The maximum Gasteiger partial charge on any atom is 0.0785 e. The summed E-state index contributed by atoms with van der Waals surface area (Å²) in [6.45, 7) is 0. The Bertz CT molecular complexity index is 252. The van der Waals surface area contributed by atoms with Crippen molar-refractivity contribution in [2.45, 2.75) is 31.2 Å². The van der Waals surface area contributed by atoms with E-state index in [1.165, 1.54) is 12.8 Å². The Hall–Kier alpha value is -0.960. The van der Waals surface area contributed by atoms with E-state index in [9.17, 15) is 0 Å². The van der Waals surface area contributed by atoms with Crippen molar-refractivity contribution >= 4 is 0 Å². The van der Waals surface area contributed by atoms with Crippen LogP contribution in [0.1, 0.15) is 31.4 Å². The molecular formula is C9H13N3. The summed E-state index contributed by atoms with van der Waals surface area (Å²) in [4.78, 5) is 8.28. The van der Waals surface area contributed by atoms with Gasteiger partial charge < -0.3 is 5.73 Å². The van der Waals surface area contributed by atoms with Crippen LogP contribution in [0.25, 0.3) is 0 Å². The van der Waals surface area contributed by atoms with Crippen molar-refractivity contribution < 1.29 is 0 Å². The molecule has 12 heavy (non-hydrogen) atoms. The molecule has 0 bridgehead atoms. The van der Waals surface area contributed by atoms with E-state index in [-0.39, 0.29) is 5.54 Å². The molecule has 0 aliphatic heterocycles. The van der Waals surface area contributed by atoms with Gasteiger partial charge in [-0.25, -0.2) is 0 Å². The average molecular weight is 163 g/mol. The molecule has 1 aromatic rings. The minimum Gasteiger partial charge on any atom is -0.320 e. The lowest BCUT2D eigenvalue weighted by atomic mass is 9.95. The van der Waals surface area contributed by atoms with E-state index < -0.39 is 0 Å². The Labute approximate surface area is 72.0 Å².